The summed E-state index contributed by atoms with van der Waals surface area (Å²) in [7, 11) is -7.67. The van der Waals surface area contributed by atoms with E-state index in [2.05, 4.69) is 49.2 Å². The lowest BCUT2D eigenvalue weighted by Gasteiger charge is -2.35. The van der Waals surface area contributed by atoms with Crippen molar-refractivity contribution in [3.63, 3.8) is 0 Å². The number of amides is 9. The largest absolute Gasteiger partial charge is 0.478 e. The van der Waals surface area contributed by atoms with Crippen LogP contribution >= 0.6 is 22.7 Å². The van der Waals surface area contributed by atoms with Gasteiger partial charge in [0.05, 0.1) is 16.1 Å². The predicted octanol–water partition coefficient (Wildman–Crippen LogP) is 2.81. The molecule has 6 saturated carbocycles. The van der Waals surface area contributed by atoms with Crippen LogP contribution in [0.5, 0.6) is 0 Å². The molecule has 0 bridgehead atoms. The van der Waals surface area contributed by atoms with Crippen molar-refractivity contribution in [2.24, 2.45) is 40.2 Å². The van der Waals surface area contributed by atoms with Gasteiger partial charge in [0.15, 0.2) is 0 Å². The number of nitrogens with zero attached hydrogens (tertiary/aromatic N) is 2. The van der Waals surface area contributed by atoms with E-state index in [0.717, 1.165) is 25.7 Å². The third-order valence-electron chi connectivity index (χ3n) is 17.4. The van der Waals surface area contributed by atoms with Gasteiger partial charge in [0.1, 0.15) is 35.2 Å². The minimum absolute atomic E-state index is 0.0119. The summed E-state index contributed by atoms with van der Waals surface area (Å²) in [6.07, 6.45) is 10.2. The highest BCUT2D eigenvalue weighted by molar-refractivity contribution is 7.91. The molecular weight excluding hydrogens is 1230 g/mol. The van der Waals surface area contributed by atoms with Gasteiger partial charge < -0.3 is 47.2 Å². The molecule has 8 aliphatic rings. The van der Waals surface area contributed by atoms with Crippen LogP contribution in [-0.4, -0.2) is 162 Å². The van der Waals surface area contributed by atoms with Gasteiger partial charge in [-0.2, -0.15) is 22.7 Å². The molecule has 9 amide bonds. The van der Waals surface area contributed by atoms with Gasteiger partial charge in [-0.1, -0.05) is 53.7 Å². The minimum Gasteiger partial charge on any atom is -0.478 e. The molecule has 25 nitrogen and oxygen atoms in total. The first-order valence-electron chi connectivity index (χ1n) is 30.2. The van der Waals surface area contributed by atoms with Crippen molar-refractivity contribution in [3.05, 3.63) is 70.1 Å². The third-order valence-corrected chi connectivity index (χ3v) is 22.4. The first-order valence-corrected chi connectivity index (χ1v) is 35.2. The molecule has 10 atom stereocenters. The van der Waals surface area contributed by atoms with E-state index < -0.39 is 142 Å². The number of aromatic carboxylic acids is 1. The van der Waals surface area contributed by atoms with Gasteiger partial charge in [-0.05, 0) is 123 Å². The highest BCUT2D eigenvalue weighted by Gasteiger charge is 2.63. The van der Waals surface area contributed by atoms with Crippen LogP contribution in [-0.2, 0) is 58.4 Å². The van der Waals surface area contributed by atoms with E-state index in [-0.39, 0.29) is 56.5 Å². The lowest BCUT2D eigenvalue weighted by molar-refractivity contribution is -0.144. The first kappa shape index (κ1) is 68.4. The Labute approximate surface area is 527 Å². The number of nitrogens with two attached hydrogens (primary N) is 1. The topological polar surface area (TPSA) is 376 Å². The van der Waals surface area contributed by atoms with Crippen LogP contribution in [0.25, 0.3) is 0 Å². The molecule has 4 unspecified atom stereocenters. The summed E-state index contributed by atoms with van der Waals surface area (Å²) >= 11 is 2.75. The smallest absolute Gasteiger partial charge is 0.336 e. The van der Waals surface area contributed by atoms with Gasteiger partial charge in [0.25, 0.3) is 17.7 Å². The van der Waals surface area contributed by atoms with E-state index in [1.165, 1.54) is 44.6 Å². The fourth-order valence-electron chi connectivity index (χ4n) is 11.1. The van der Waals surface area contributed by atoms with Crippen LogP contribution in [0.4, 0.5) is 0 Å². The van der Waals surface area contributed by atoms with Gasteiger partial charge in [0, 0.05) is 66.2 Å². The zero-order chi connectivity index (χ0) is 65.3. The van der Waals surface area contributed by atoms with E-state index in [9.17, 15) is 64.8 Å². The molecule has 2 aliphatic heterocycles. The SMILES string of the molecule is C=CC1CC1(NC(=O)[C@@H]1C[C@@H](N)CN1C(=O)[C@@H](NC(=O)CC1CC1)C(C)(C)C)C(=O)NS(=O)(=O)C1CC1.C=CC1CC1(NC(=O)[C@@H]1C[C@@H](NC(=O)c2ccsc2)CN1C(=O)[C@@H](NC(=O)CC1CC1)C(C)(C)C)C(=O)NS(=O)(=O)C1CC1.O=C(O)c1ccsc1. The maximum Gasteiger partial charge on any atom is 0.336 e. The van der Waals surface area contributed by atoms with E-state index in [1.54, 1.807) is 33.7 Å². The molecule has 2 aromatic rings. The number of hydrogen-bond acceptors (Lipinski definition) is 17. The Kier molecular flexibility index (Phi) is 20.5. The van der Waals surface area contributed by atoms with Crippen LogP contribution in [0.15, 0.2) is 59.0 Å². The van der Waals surface area contributed by atoms with Crippen molar-refractivity contribution < 1.29 is 69.9 Å². The van der Waals surface area contributed by atoms with Crippen molar-refractivity contribution in [3.8, 4) is 0 Å². The third kappa shape index (κ3) is 17.1. The number of carboxylic acid groups (broad SMARTS) is 1. The molecule has 2 aromatic heterocycles. The highest BCUT2D eigenvalue weighted by Crippen LogP contribution is 2.47. The summed E-state index contributed by atoms with van der Waals surface area (Å²) in [5.74, 6) is -5.62. The highest BCUT2D eigenvalue weighted by atomic mass is 32.2. The Hall–Kier alpha value is -6.56. The second kappa shape index (κ2) is 26.7. The van der Waals surface area contributed by atoms with Crippen LogP contribution < -0.4 is 41.8 Å². The Morgan fingerprint density at radius 1 is 0.640 bits per heavy atom. The number of carbonyl (C=O) groups is 10. The molecule has 10 rings (SSSR count). The van der Waals surface area contributed by atoms with Crippen LogP contribution in [0, 0.1) is 34.5 Å². The quantitative estimate of drug-likeness (QED) is 0.0722. The van der Waals surface area contributed by atoms with Gasteiger partial charge in [-0.15, -0.1) is 13.2 Å². The summed E-state index contributed by atoms with van der Waals surface area (Å²) in [5, 5.41) is 28.0. The zero-order valence-electron chi connectivity index (χ0n) is 51.0. The number of thiophene rings is 2. The molecule has 2 saturated heterocycles. The van der Waals surface area contributed by atoms with Crippen molar-refractivity contribution in [2.45, 2.75) is 189 Å². The molecule has 0 radical (unpaired) electrons. The lowest BCUT2D eigenvalue weighted by Crippen LogP contribution is -2.60. The van der Waals surface area contributed by atoms with Crippen LogP contribution in [0.1, 0.15) is 152 Å². The Bertz CT molecular complexity index is 3310. The number of likely N-dealkylation sites (tertiary alicyclic amines) is 2. The molecule has 8 fully saturated rings. The second-order valence-corrected chi connectivity index (χ2v) is 32.6. The molecule has 0 spiro atoms. The summed E-state index contributed by atoms with van der Waals surface area (Å²) in [4.78, 5) is 133. The number of sulfonamides is 2. The number of rotatable bonds is 23. The Balaban J connectivity index is 0.000000206. The average molecular weight is 1310 g/mol. The van der Waals surface area contributed by atoms with Gasteiger partial charge >= 0.3 is 5.97 Å². The maximum atomic E-state index is 14.2. The molecule has 10 N–H and O–H groups in total. The monoisotopic (exact) mass is 1310 g/mol. The Morgan fingerprint density at radius 3 is 1.38 bits per heavy atom. The molecule has 488 valence electrons. The number of hydrogen-bond donors (Lipinski definition) is 9. The van der Waals surface area contributed by atoms with E-state index in [4.69, 9.17) is 10.8 Å². The van der Waals surface area contributed by atoms with Crippen LogP contribution in [0.2, 0.25) is 0 Å². The lowest BCUT2D eigenvalue weighted by atomic mass is 9.85. The normalized spacial score (nSPS) is 26.8. The fourth-order valence-corrected chi connectivity index (χ4v) is 15.1. The zero-order valence-corrected chi connectivity index (χ0v) is 54.3. The summed E-state index contributed by atoms with van der Waals surface area (Å²) in [6, 6.07) is -1.64. The molecule has 0 aromatic carbocycles. The average Bonchev–Trinajstić information content (AvgIpc) is 1.59. The van der Waals surface area contributed by atoms with E-state index >= 15 is 0 Å². The van der Waals surface area contributed by atoms with Gasteiger partial charge in [-0.25, -0.2) is 21.6 Å². The number of carboxylic acids is 1. The molecule has 29 heteroatoms. The summed E-state index contributed by atoms with van der Waals surface area (Å²) in [5.41, 5.74) is 2.71. The number of carbonyl (C=O) groups excluding carboxylic acids is 9. The molecule has 89 heavy (non-hydrogen) atoms. The molecule has 4 heterocycles. The van der Waals surface area contributed by atoms with Crippen LogP contribution in [0.3, 0.4) is 0 Å². The second-order valence-electron chi connectivity index (χ2n) is 27.1. The standard InChI is InChI=1S/C30H41N5O7S2.C25H39N5O6S.C5H4O2S/c1-5-19-14-30(19,28(40)34-44(41,42)21-8-9-21)33-26(38)22-13-20(31-25(37)18-10-11-43-16-18)15-35(22)27(39)24(29(2,3)4)32-23(36)12-17-6-7-17;1-5-15-12-25(15,23(34)29-37(35,36)17-8-9-17)28-21(32)18-11-16(26)13-30(18)22(33)20(24(2,3)4)27-19(31)10-14-6-7-14;6-5(7)4-1-2-8-3-4/h5,10-11,16-17,19-22,24H,1,6-9,12-15H2,2-4H3,(H,31,37)(H,32,36)(H,33,38)(H,34,40);5,14-18,20H,1,6-13,26H2,2-4H3,(H,27,31)(H,28,32)(H,29,34);1-3H,(H,6,7)/t19?,20-,22+,24-,30?;15?,16-,18+,20-,25?;/m11./s1. The van der Waals surface area contributed by atoms with E-state index in [0.29, 0.717) is 61.5 Å². The maximum absolute atomic E-state index is 14.2. The fraction of sp³-hybridized carbons (Fsp3) is 0.633. The summed E-state index contributed by atoms with van der Waals surface area (Å²) in [6.45, 7) is 18.6. The van der Waals surface area contributed by atoms with Crippen molar-refractivity contribution in [1.82, 2.24) is 45.8 Å². The Morgan fingerprint density at radius 2 is 1.04 bits per heavy atom. The molecular formula is C60H84N10O15S4. The number of nitrogens with one attached hydrogen (secondary N) is 7. The van der Waals surface area contributed by atoms with Crippen molar-refractivity contribution >= 4 is 102 Å². The van der Waals surface area contributed by atoms with Gasteiger partial charge in [-0.3, -0.25) is 52.6 Å². The first-order chi connectivity index (χ1) is 41.6. The van der Waals surface area contributed by atoms with E-state index in [1.807, 2.05) is 41.5 Å². The summed E-state index contributed by atoms with van der Waals surface area (Å²) < 4.78 is 54.0. The van der Waals surface area contributed by atoms with Gasteiger partial charge in [0.2, 0.25) is 55.5 Å². The van der Waals surface area contributed by atoms with Crippen molar-refractivity contribution in [1.29, 1.82) is 0 Å². The molecule has 6 aliphatic carbocycles. The minimum atomic E-state index is -3.86. The predicted molar refractivity (Wildman–Crippen MR) is 331 cm³/mol. The van der Waals surface area contributed by atoms with Crippen molar-refractivity contribution in [2.75, 3.05) is 13.1 Å².